The first-order valence-electron chi connectivity index (χ1n) is 7.64. The molecule has 0 spiro atoms. The van der Waals surface area contributed by atoms with E-state index in [1.165, 1.54) is 24.1 Å². The second-order valence-electron chi connectivity index (χ2n) is 5.49. The molecule has 3 rings (SSSR count). The molecule has 1 fully saturated rings. The molecule has 0 saturated carbocycles. The van der Waals surface area contributed by atoms with Crippen LogP contribution >= 0.6 is 11.3 Å². The lowest BCUT2D eigenvalue weighted by Crippen LogP contribution is -2.55. The zero-order chi connectivity index (χ0) is 19.6. The standard InChI is InChI=1S/C15H13F3N4O4S/c1-21-8-7-10(26-14(24)25-9-5-3-2-4-6-9)22(13(21)23)12-20-19-11(27-12)15(16,17)18/h2-6,10H,7-8H2,1H3. The summed E-state index contributed by atoms with van der Waals surface area (Å²) < 4.78 is 48.5. The van der Waals surface area contributed by atoms with Gasteiger partial charge in [0.2, 0.25) is 10.1 Å². The number of para-hydroxylation sites is 1. The summed E-state index contributed by atoms with van der Waals surface area (Å²) in [4.78, 5) is 26.6. The van der Waals surface area contributed by atoms with Crippen molar-refractivity contribution in [1.29, 1.82) is 0 Å². The molecule has 27 heavy (non-hydrogen) atoms. The Bertz CT molecular complexity index is 830. The summed E-state index contributed by atoms with van der Waals surface area (Å²) in [5.41, 5.74) is 0. The van der Waals surface area contributed by atoms with Gasteiger partial charge in [0.15, 0.2) is 6.23 Å². The normalized spacial score (nSPS) is 17.8. The Labute approximate surface area is 155 Å². The molecule has 144 valence electrons. The van der Waals surface area contributed by atoms with Gasteiger partial charge in [-0.3, -0.25) is 0 Å². The highest BCUT2D eigenvalue weighted by molar-refractivity contribution is 7.15. The van der Waals surface area contributed by atoms with Crippen LogP contribution in [-0.4, -0.2) is 47.1 Å². The number of amides is 2. The average Bonchev–Trinajstić information content (AvgIpc) is 3.09. The Hall–Kier alpha value is -2.89. The van der Waals surface area contributed by atoms with Crippen molar-refractivity contribution in [2.24, 2.45) is 0 Å². The van der Waals surface area contributed by atoms with Gasteiger partial charge in [-0.15, -0.1) is 10.2 Å². The molecule has 0 aliphatic carbocycles. The third kappa shape index (κ3) is 4.27. The fourth-order valence-corrected chi connectivity index (χ4v) is 3.05. The highest BCUT2D eigenvalue weighted by atomic mass is 32.1. The number of benzene rings is 1. The van der Waals surface area contributed by atoms with Crippen molar-refractivity contribution in [2.75, 3.05) is 18.5 Å². The maximum Gasteiger partial charge on any atom is 0.515 e. The van der Waals surface area contributed by atoms with Gasteiger partial charge in [0, 0.05) is 20.0 Å². The number of hydrogen-bond donors (Lipinski definition) is 0. The first kappa shape index (κ1) is 18.9. The minimum atomic E-state index is -4.69. The van der Waals surface area contributed by atoms with Gasteiger partial charge in [0.25, 0.3) is 0 Å². The Morgan fingerprint density at radius 1 is 1.26 bits per heavy atom. The maximum absolute atomic E-state index is 12.8. The minimum Gasteiger partial charge on any atom is -0.409 e. The zero-order valence-electron chi connectivity index (χ0n) is 13.8. The summed E-state index contributed by atoms with van der Waals surface area (Å²) in [6, 6.07) is 7.41. The molecule has 2 amide bonds. The number of rotatable bonds is 3. The first-order chi connectivity index (χ1) is 12.8. The number of carbonyl (C=O) groups excluding carboxylic acids is 2. The smallest absolute Gasteiger partial charge is 0.409 e. The number of hydrogen-bond acceptors (Lipinski definition) is 7. The molecule has 1 aromatic carbocycles. The van der Waals surface area contributed by atoms with Crippen LogP contribution in [0.25, 0.3) is 0 Å². The van der Waals surface area contributed by atoms with E-state index in [0.29, 0.717) is 0 Å². The van der Waals surface area contributed by atoms with Crippen LogP contribution in [0.3, 0.4) is 0 Å². The molecule has 2 aromatic rings. The summed E-state index contributed by atoms with van der Waals surface area (Å²) in [5.74, 6) is 0.226. The second kappa shape index (κ2) is 7.39. The number of carbonyl (C=O) groups is 2. The fraction of sp³-hybridized carbons (Fsp3) is 0.333. The number of nitrogens with zero attached hydrogens (tertiary/aromatic N) is 4. The van der Waals surface area contributed by atoms with Crippen LogP contribution < -0.4 is 9.64 Å². The summed E-state index contributed by atoms with van der Waals surface area (Å²) in [6.45, 7) is 0.240. The minimum absolute atomic E-state index is 0.160. The predicted molar refractivity (Wildman–Crippen MR) is 87.4 cm³/mol. The molecule has 1 aliphatic rings. The zero-order valence-corrected chi connectivity index (χ0v) is 14.7. The van der Waals surface area contributed by atoms with E-state index >= 15 is 0 Å². The van der Waals surface area contributed by atoms with Crippen molar-refractivity contribution >= 4 is 28.7 Å². The SMILES string of the molecule is CN1CCC(OC(=O)Oc2ccccc2)N(c2nnc(C(F)(F)F)s2)C1=O. The summed E-state index contributed by atoms with van der Waals surface area (Å²) in [7, 11) is 1.47. The number of ether oxygens (including phenoxy) is 2. The number of anilines is 1. The number of aromatic nitrogens is 2. The molecule has 1 saturated heterocycles. The van der Waals surface area contributed by atoms with Crippen LogP contribution in [0.4, 0.5) is 27.9 Å². The quantitative estimate of drug-likeness (QED) is 0.578. The molecule has 0 N–H and O–H groups in total. The lowest BCUT2D eigenvalue weighted by Gasteiger charge is -2.36. The molecule has 0 radical (unpaired) electrons. The molecule has 12 heteroatoms. The van der Waals surface area contributed by atoms with E-state index < -0.39 is 29.6 Å². The summed E-state index contributed by atoms with van der Waals surface area (Å²) in [5, 5.41) is 4.96. The molecule has 2 heterocycles. The van der Waals surface area contributed by atoms with Gasteiger partial charge in [-0.05, 0) is 12.1 Å². The van der Waals surface area contributed by atoms with E-state index in [0.717, 1.165) is 4.90 Å². The lowest BCUT2D eigenvalue weighted by atomic mass is 10.3. The molecule has 1 aromatic heterocycles. The molecule has 0 bridgehead atoms. The van der Waals surface area contributed by atoms with Gasteiger partial charge in [0.05, 0.1) is 0 Å². The van der Waals surface area contributed by atoms with Gasteiger partial charge in [0.1, 0.15) is 5.75 Å². The third-order valence-electron chi connectivity index (χ3n) is 3.57. The van der Waals surface area contributed by atoms with Crippen molar-refractivity contribution in [1.82, 2.24) is 15.1 Å². The molecule has 1 atom stereocenters. The topological polar surface area (TPSA) is 84.9 Å². The van der Waals surface area contributed by atoms with Gasteiger partial charge in [-0.25, -0.2) is 14.5 Å². The maximum atomic E-state index is 12.8. The van der Waals surface area contributed by atoms with Gasteiger partial charge < -0.3 is 14.4 Å². The Morgan fingerprint density at radius 3 is 2.59 bits per heavy atom. The van der Waals surface area contributed by atoms with E-state index in [9.17, 15) is 22.8 Å². The summed E-state index contributed by atoms with van der Waals surface area (Å²) >= 11 is 0.186. The number of alkyl halides is 3. The summed E-state index contributed by atoms with van der Waals surface area (Å²) in [6.07, 6.45) is -6.79. The van der Waals surface area contributed by atoms with Crippen molar-refractivity contribution in [2.45, 2.75) is 18.8 Å². The van der Waals surface area contributed by atoms with E-state index in [-0.39, 0.29) is 35.2 Å². The highest BCUT2D eigenvalue weighted by Gasteiger charge is 2.41. The number of urea groups is 1. The van der Waals surface area contributed by atoms with Gasteiger partial charge >= 0.3 is 18.4 Å². The van der Waals surface area contributed by atoms with Crippen LogP contribution in [0.2, 0.25) is 0 Å². The average molecular weight is 402 g/mol. The molecule has 1 unspecified atom stereocenters. The van der Waals surface area contributed by atoms with Crippen molar-refractivity contribution in [3.8, 4) is 5.75 Å². The largest absolute Gasteiger partial charge is 0.515 e. The Morgan fingerprint density at radius 2 is 1.96 bits per heavy atom. The highest BCUT2D eigenvalue weighted by Crippen LogP contribution is 2.36. The first-order valence-corrected chi connectivity index (χ1v) is 8.46. The van der Waals surface area contributed by atoms with Crippen LogP contribution in [0.15, 0.2) is 30.3 Å². The van der Waals surface area contributed by atoms with Crippen molar-refractivity contribution < 1.29 is 32.2 Å². The second-order valence-corrected chi connectivity index (χ2v) is 6.44. The van der Waals surface area contributed by atoms with E-state index in [2.05, 4.69) is 10.2 Å². The van der Waals surface area contributed by atoms with Crippen molar-refractivity contribution in [3.63, 3.8) is 0 Å². The molecular weight excluding hydrogens is 389 g/mol. The molecule has 1 aliphatic heterocycles. The third-order valence-corrected chi connectivity index (χ3v) is 4.54. The van der Waals surface area contributed by atoms with Gasteiger partial charge in [-0.2, -0.15) is 13.2 Å². The number of halogens is 3. The monoisotopic (exact) mass is 402 g/mol. The van der Waals surface area contributed by atoms with E-state index in [1.54, 1.807) is 18.2 Å². The Balaban J connectivity index is 1.79. The predicted octanol–water partition coefficient (Wildman–Crippen LogP) is 3.36. The van der Waals surface area contributed by atoms with E-state index in [1.807, 2.05) is 0 Å². The van der Waals surface area contributed by atoms with Crippen LogP contribution in [0, 0.1) is 0 Å². The van der Waals surface area contributed by atoms with Crippen molar-refractivity contribution in [3.05, 3.63) is 35.3 Å². The van der Waals surface area contributed by atoms with Crippen LogP contribution in [0.1, 0.15) is 11.4 Å². The lowest BCUT2D eigenvalue weighted by molar-refractivity contribution is -0.138. The molecule has 8 nitrogen and oxygen atoms in total. The van der Waals surface area contributed by atoms with E-state index in [4.69, 9.17) is 9.47 Å². The van der Waals surface area contributed by atoms with Crippen LogP contribution in [-0.2, 0) is 10.9 Å². The Kier molecular flexibility index (Phi) is 5.17. The molecular formula is C15H13F3N4O4S. The fourth-order valence-electron chi connectivity index (χ4n) is 2.30. The van der Waals surface area contributed by atoms with Gasteiger partial charge in [-0.1, -0.05) is 29.5 Å². The van der Waals surface area contributed by atoms with Crippen LogP contribution in [0.5, 0.6) is 5.75 Å².